The second-order valence-corrected chi connectivity index (χ2v) is 5.68. The summed E-state index contributed by atoms with van der Waals surface area (Å²) in [5.41, 5.74) is 0. The van der Waals surface area contributed by atoms with Crippen molar-refractivity contribution in [2.75, 3.05) is 13.2 Å². The summed E-state index contributed by atoms with van der Waals surface area (Å²) in [6, 6.07) is 0. The highest BCUT2D eigenvalue weighted by Crippen LogP contribution is 2.25. The maximum atomic E-state index is 9.86. The molecule has 0 bridgehead atoms. The standard InChI is InChI=1S/C12H23NO11/c13-24-12-10(20)8(18)6(16)4(23-12)2-21-11-9(19)7(17)5(15)3(1-14)22-11/h3-12,14-20H,1-2,13H2/t3-,4-,5+,6-,7+,8+,9-,10-,11-,12+/m1/s1. The van der Waals surface area contributed by atoms with Gasteiger partial charge in [0.05, 0.1) is 13.2 Å². The van der Waals surface area contributed by atoms with Gasteiger partial charge in [0.2, 0.25) is 6.29 Å². The Balaban J connectivity index is 1.96. The van der Waals surface area contributed by atoms with Crippen LogP contribution in [0.25, 0.3) is 0 Å². The number of rotatable bonds is 5. The van der Waals surface area contributed by atoms with Gasteiger partial charge < -0.3 is 50.0 Å². The Hall–Kier alpha value is -0.480. The SMILES string of the molecule is NO[C@@H]1O[C@H](CO[C@@H]2O[C@H](CO)[C@H](O)[C@H](O)[C@H]2O)[C@@H](O)[C@H](O)[C@H]1O. The molecule has 2 heterocycles. The van der Waals surface area contributed by atoms with Crippen LogP contribution >= 0.6 is 0 Å². The average molecular weight is 357 g/mol. The van der Waals surface area contributed by atoms with Gasteiger partial charge in [0.1, 0.15) is 48.8 Å². The fourth-order valence-electron chi connectivity index (χ4n) is 2.56. The van der Waals surface area contributed by atoms with Crippen molar-refractivity contribution in [1.29, 1.82) is 0 Å². The summed E-state index contributed by atoms with van der Waals surface area (Å²) >= 11 is 0. The van der Waals surface area contributed by atoms with Gasteiger partial charge in [-0.25, -0.2) is 5.90 Å². The molecule has 142 valence electrons. The molecule has 0 aromatic carbocycles. The van der Waals surface area contributed by atoms with Gasteiger partial charge in [-0.1, -0.05) is 0 Å². The molecule has 10 atom stereocenters. The van der Waals surface area contributed by atoms with Gasteiger partial charge in [-0.05, 0) is 0 Å². The van der Waals surface area contributed by atoms with Crippen molar-refractivity contribution in [3.63, 3.8) is 0 Å². The second kappa shape index (κ2) is 8.27. The Kier molecular flexibility index (Phi) is 6.83. The molecular weight excluding hydrogens is 334 g/mol. The summed E-state index contributed by atoms with van der Waals surface area (Å²) in [6.45, 7) is -1.06. The Morgan fingerprint density at radius 2 is 1.21 bits per heavy atom. The third-order valence-corrected chi connectivity index (χ3v) is 4.08. The van der Waals surface area contributed by atoms with Crippen LogP contribution in [0.5, 0.6) is 0 Å². The molecule has 9 N–H and O–H groups in total. The lowest BCUT2D eigenvalue weighted by Gasteiger charge is -2.42. The number of hydrogen-bond donors (Lipinski definition) is 8. The molecule has 0 unspecified atom stereocenters. The van der Waals surface area contributed by atoms with Gasteiger partial charge in [0.15, 0.2) is 6.29 Å². The van der Waals surface area contributed by atoms with E-state index in [0.717, 1.165) is 0 Å². The predicted molar refractivity (Wildman–Crippen MR) is 71.7 cm³/mol. The molecule has 2 rings (SSSR count). The first-order chi connectivity index (χ1) is 11.3. The molecule has 2 aliphatic rings. The smallest absolute Gasteiger partial charge is 0.206 e. The quantitative estimate of drug-likeness (QED) is 0.217. The number of aliphatic hydroxyl groups is 7. The highest BCUT2D eigenvalue weighted by atomic mass is 16.8. The zero-order valence-corrected chi connectivity index (χ0v) is 12.5. The van der Waals surface area contributed by atoms with Crippen LogP contribution in [0.3, 0.4) is 0 Å². The van der Waals surface area contributed by atoms with Crippen molar-refractivity contribution in [3.05, 3.63) is 0 Å². The predicted octanol–water partition coefficient (Wildman–Crippen LogP) is -5.50. The first kappa shape index (κ1) is 19.8. The van der Waals surface area contributed by atoms with Crippen LogP contribution in [0, 0.1) is 0 Å². The summed E-state index contributed by atoms with van der Waals surface area (Å²) in [5, 5.41) is 67.4. The van der Waals surface area contributed by atoms with E-state index in [1.165, 1.54) is 0 Å². The average Bonchev–Trinajstić information content (AvgIpc) is 2.58. The van der Waals surface area contributed by atoms with E-state index in [-0.39, 0.29) is 0 Å². The Labute approximate surface area is 136 Å². The summed E-state index contributed by atoms with van der Waals surface area (Å²) < 4.78 is 15.5. The molecule has 0 amide bonds. The topological polar surface area (TPSA) is 205 Å². The second-order valence-electron chi connectivity index (χ2n) is 5.68. The normalized spacial score (nSPS) is 50.0. The van der Waals surface area contributed by atoms with Crippen LogP contribution in [0.15, 0.2) is 0 Å². The van der Waals surface area contributed by atoms with E-state index in [1.807, 2.05) is 0 Å². The Morgan fingerprint density at radius 3 is 1.75 bits per heavy atom. The van der Waals surface area contributed by atoms with Crippen LogP contribution < -0.4 is 5.90 Å². The number of ether oxygens (including phenoxy) is 3. The van der Waals surface area contributed by atoms with Crippen molar-refractivity contribution in [2.24, 2.45) is 5.90 Å². The van der Waals surface area contributed by atoms with E-state index >= 15 is 0 Å². The maximum absolute atomic E-state index is 9.86. The lowest BCUT2D eigenvalue weighted by Crippen LogP contribution is -2.62. The highest BCUT2D eigenvalue weighted by Gasteiger charge is 2.47. The number of hydrogen-bond acceptors (Lipinski definition) is 12. The van der Waals surface area contributed by atoms with Gasteiger partial charge in [0, 0.05) is 0 Å². The van der Waals surface area contributed by atoms with Gasteiger partial charge in [0.25, 0.3) is 0 Å². The molecule has 12 heteroatoms. The zero-order valence-electron chi connectivity index (χ0n) is 12.5. The molecule has 0 saturated carbocycles. The zero-order chi connectivity index (χ0) is 18.0. The summed E-state index contributed by atoms with van der Waals surface area (Å²) in [7, 11) is 0. The fraction of sp³-hybridized carbons (Fsp3) is 1.00. The molecule has 2 saturated heterocycles. The Bertz CT molecular complexity index is 361. The van der Waals surface area contributed by atoms with E-state index < -0.39 is 74.6 Å². The van der Waals surface area contributed by atoms with Crippen molar-refractivity contribution >= 4 is 0 Å². The van der Waals surface area contributed by atoms with E-state index in [9.17, 15) is 30.6 Å². The molecule has 2 fully saturated rings. The van der Waals surface area contributed by atoms with Gasteiger partial charge in [-0.15, -0.1) is 0 Å². The van der Waals surface area contributed by atoms with Crippen molar-refractivity contribution in [3.8, 4) is 0 Å². The van der Waals surface area contributed by atoms with Gasteiger partial charge in [-0.3, -0.25) is 4.84 Å². The largest absolute Gasteiger partial charge is 0.394 e. The monoisotopic (exact) mass is 357 g/mol. The van der Waals surface area contributed by atoms with E-state index in [2.05, 4.69) is 4.84 Å². The van der Waals surface area contributed by atoms with Crippen LogP contribution in [0.4, 0.5) is 0 Å². The number of nitrogens with two attached hydrogens (primary N) is 1. The van der Waals surface area contributed by atoms with Crippen LogP contribution in [0.1, 0.15) is 0 Å². The van der Waals surface area contributed by atoms with Crippen molar-refractivity contribution in [2.45, 2.75) is 61.4 Å². The van der Waals surface area contributed by atoms with E-state index in [4.69, 9.17) is 25.2 Å². The minimum atomic E-state index is -1.62. The maximum Gasteiger partial charge on any atom is 0.206 e. The van der Waals surface area contributed by atoms with Crippen LogP contribution in [0.2, 0.25) is 0 Å². The van der Waals surface area contributed by atoms with Crippen LogP contribution in [-0.4, -0.2) is 110 Å². The van der Waals surface area contributed by atoms with Crippen LogP contribution in [-0.2, 0) is 19.0 Å². The number of aliphatic hydroxyl groups excluding tert-OH is 7. The molecule has 0 radical (unpaired) electrons. The van der Waals surface area contributed by atoms with Crippen molar-refractivity contribution < 1.29 is 54.8 Å². The van der Waals surface area contributed by atoms with Gasteiger partial charge >= 0.3 is 0 Å². The minimum absolute atomic E-state index is 0.437. The van der Waals surface area contributed by atoms with Crippen molar-refractivity contribution in [1.82, 2.24) is 0 Å². The molecule has 0 spiro atoms. The third-order valence-electron chi connectivity index (χ3n) is 4.08. The molecule has 0 aromatic rings. The van der Waals surface area contributed by atoms with Gasteiger partial charge in [-0.2, -0.15) is 0 Å². The lowest BCUT2D eigenvalue weighted by atomic mass is 9.98. The summed E-state index contributed by atoms with van der Waals surface area (Å²) in [4.78, 5) is 4.35. The fourth-order valence-corrected chi connectivity index (χ4v) is 2.56. The first-order valence-electron chi connectivity index (χ1n) is 7.29. The highest BCUT2D eigenvalue weighted by molar-refractivity contribution is 4.91. The Morgan fingerprint density at radius 1 is 0.708 bits per heavy atom. The first-order valence-corrected chi connectivity index (χ1v) is 7.29. The van der Waals surface area contributed by atoms with E-state index in [1.54, 1.807) is 0 Å². The summed E-state index contributed by atoms with van der Waals surface area (Å²) in [6.07, 6.45) is -14.7. The van der Waals surface area contributed by atoms with E-state index in [0.29, 0.717) is 0 Å². The summed E-state index contributed by atoms with van der Waals surface area (Å²) in [5.74, 6) is 4.92. The molecule has 0 aliphatic carbocycles. The molecule has 12 nitrogen and oxygen atoms in total. The lowest BCUT2D eigenvalue weighted by molar-refractivity contribution is -0.331. The molecular formula is C12H23NO11. The molecule has 2 aliphatic heterocycles. The third kappa shape index (κ3) is 3.85. The minimum Gasteiger partial charge on any atom is -0.394 e. The molecule has 24 heavy (non-hydrogen) atoms. The molecule has 0 aromatic heterocycles.